The summed E-state index contributed by atoms with van der Waals surface area (Å²) in [7, 11) is 0. The van der Waals surface area contributed by atoms with Gasteiger partial charge in [-0.15, -0.1) is 0 Å². The number of hydrogen-bond donors (Lipinski definition) is 1. The molecule has 0 rings (SSSR count). The molecule has 0 aliphatic heterocycles. The zero-order valence-electron chi connectivity index (χ0n) is 10.2. The third kappa shape index (κ3) is 4.12. The van der Waals surface area contributed by atoms with Crippen molar-refractivity contribution < 1.29 is 0 Å². The number of nitrogens with one attached hydrogen (secondary N) is 1. The topological polar surface area (TPSA) is 12.0 Å². The summed E-state index contributed by atoms with van der Waals surface area (Å²) in [5.74, 6) is 2.34. The van der Waals surface area contributed by atoms with Gasteiger partial charge >= 0.3 is 0 Å². The fourth-order valence-electron chi connectivity index (χ4n) is 1.81. The molecule has 3 unspecified atom stereocenters. The highest BCUT2D eigenvalue weighted by Gasteiger charge is 2.23. The monoisotopic (exact) mass is 185 g/mol. The van der Waals surface area contributed by atoms with Gasteiger partial charge in [-0.1, -0.05) is 48.0 Å². The zero-order valence-corrected chi connectivity index (χ0v) is 10.2. The number of rotatable bonds is 6. The van der Waals surface area contributed by atoms with Gasteiger partial charge in [-0.05, 0) is 24.3 Å². The minimum absolute atomic E-state index is 0.690. The van der Waals surface area contributed by atoms with Crippen molar-refractivity contribution in [2.24, 2.45) is 17.8 Å². The smallest absolute Gasteiger partial charge is 0.0120 e. The van der Waals surface area contributed by atoms with Crippen molar-refractivity contribution in [1.29, 1.82) is 0 Å². The van der Waals surface area contributed by atoms with Crippen molar-refractivity contribution >= 4 is 0 Å². The van der Waals surface area contributed by atoms with Gasteiger partial charge in [0.15, 0.2) is 0 Å². The van der Waals surface area contributed by atoms with Crippen LogP contribution < -0.4 is 5.32 Å². The van der Waals surface area contributed by atoms with Gasteiger partial charge in [0.05, 0.1) is 0 Å². The first-order valence-corrected chi connectivity index (χ1v) is 5.77. The Morgan fingerprint density at radius 3 is 1.85 bits per heavy atom. The molecule has 0 heterocycles. The van der Waals surface area contributed by atoms with Gasteiger partial charge in [-0.2, -0.15) is 0 Å². The van der Waals surface area contributed by atoms with Crippen LogP contribution in [0.1, 0.15) is 48.0 Å². The first kappa shape index (κ1) is 13.0. The van der Waals surface area contributed by atoms with Crippen LogP contribution in [0.15, 0.2) is 0 Å². The van der Waals surface area contributed by atoms with Crippen molar-refractivity contribution in [1.82, 2.24) is 5.32 Å². The quantitative estimate of drug-likeness (QED) is 0.669. The van der Waals surface area contributed by atoms with Crippen molar-refractivity contribution in [3.8, 4) is 0 Å². The maximum Gasteiger partial charge on any atom is 0.0120 e. The van der Waals surface area contributed by atoms with Crippen molar-refractivity contribution in [3.63, 3.8) is 0 Å². The van der Waals surface area contributed by atoms with Gasteiger partial charge in [0.25, 0.3) is 0 Å². The minimum atomic E-state index is 0.690. The molecular weight excluding hydrogens is 158 g/mol. The summed E-state index contributed by atoms with van der Waals surface area (Å²) in [5, 5.41) is 3.61. The molecule has 0 aromatic rings. The second-order valence-corrected chi connectivity index (χ2v) is 4.57. The van der Waals surface area contributed by atoms with E-state index in [0.29, 0.717) is 6.04 Å². The van der Waals surface area contributed by atoms with Crippen LogP contribution in [0.4, 0.5) is 0 Å². The Kier molecular flexibility index (Phi) is 6.40. The molecule has 0 aliphatic rings. The van der Waals surface area contributed by atoms with Crippen LogP contribution in [-0.2, 0) is 0 Å². The van der Waals surface area contributed by atoms with Crippen LogP contribution in [-0.4, -0.2) is 12.6 Å². The molecule has 0 aromatic heterocycles. The molecule has 0 fully saturated rings. The first-order chi connectivity index (χ1) is 6.04. The predicted molar refractivity (Wildman–Crippen MR) is 60.9 cm³/mol. The summed E-state index contributed by atoms with van der Waals surface area (Å²) in [5.41, 5.74) is 0. The highest BCUT2D eigenvalue weighted by atomic mass is 14.9. The van der Waals surface area contributed by atoms with Crippen LogP contribution >= 0.6 is 0 Å². The van der Waals surface area contributed by atoms with E-state index in [4.69, 9.17) is 0 Å². The fraction of sp³-hybridized carbons (Fsp3) is 1.00. The molecular formula is C12H27N. The van der Waals surface area contributed by atoms with E-state index in [1.54, 1.807) is 0 Å². The van der Waals surface area contributed by atoms with E-state index in [9.17, 15) is 0 Å². The second-order valence-electron chi connectivity index (χ2n) is 4.57. The van der Waals surface area contributed by atoms with Crippen molar-refractivity contribution in [2.75, 3.05) is 6.54 Å². The summed E-state index contributed by atoms with van der Waals surface area (Å²) in [6.07, 6.45) is 1.27. The maximum absolute atomic E-state index is 3.61. The Morgan fingerprint density at radius 2 is 1.54 bits per heavy atom. The van der Waals surface area contributed by atoms with Gasteiger partial charge in [0, 0.05) is 6.04 Å². The lowest BCUT2D eigenvalue weighted by atomic mass is 9.82. The summed E-state index contributed by atoms with van der Waals surface area (Å²) in [4.78, 5) is 0. The Morgan fingerprint density at radius 1 is 1.00 bits per heavy atom. The molecule has 13 heavy (non-hydrogen) atoms. The van der Waals surface area contributed by atoms with E-state index in [1.807, 2.05) is 0 Å². The molecule has 0 amide bonds. The third-order valence-corrected chi connectivity index (χ3v) is 3.31. The van der Waals surface area contributed by atoms with Crippen LogP contribution in [0.5, 0.6) is 0 Å². The molecule has 0 bridgehead atoms. The van der Waals surface area contributed by atoms with Gasteiger partial charge in [0.1, 0.15) is 0 Å². The average Bonchev–Trinajstić information content (AvgIpc) is 2.11. The molecule has 0 aliphatic carbocycles. The van der Waals surface area contributed by atoms with Crippen LogP contribution in [0.25, 0.3) is 0 Å². The summed E-state index contributed by atoms with van der Waals surface area (Å²) >= 11 is 0. The second kappa shape index (κ2) is 6.42. The van der Waals surface area contributed by atoms with Gasteiger partial charge < -0.3 is 5.32 Å². The summed E-state index contributed by atoms with van der Waals surface area (Å²) < 4.78 is 0. The zero-order chi connectivity index (χ0) is 10.4. The van der Waals surface area contributed by atoms with Gasteiger partial charge in [0.2, 0.25) is 0 Å². The highest BCUT2D eigenvalue weighted by Crippen LogP contribution is 2.22. The van der Waals surface area contributed by atoms with Gasteiger partial charge in [-0.3, -0.25) is 0 Å². The van der Waals surface area contributed by atoms with E-state index in [-0.39, 0.29) is 0 Å². The Balaban J connectivity index is 4.22. The average molecular weight is 185 g/mol. The normalized spacial score (nSPS) is 18.7. The summed E-state index contributed by atoms with van der Waals surface area (Å²) in [6.45, 7) is 14.9. The SMILES string of the molecule is CCNC(C(C)CC)C(C)C(C)C. The lowest BCUT2D eigenvalue weighted by Gasteiger charge is -2.32. The summed E-state index contributed by atoms with van der Waals surface area (Å²) in [6, 6.07) is 0.690. The molecule has 0 aromatic carbocycles. The molecule has 1 heteroatoms. The van der Waals surface area contributed by atoms with Crippen LogP contribution in [0, 0.1) is 17.8 Å². The van der Waals surface area contributed by atoms with E-state index < -0.39 is 0 Å². The number of hydrogen-bond acceptors (Lipinski definition) is 1. The molecule has 0 saturated carbocycles. The van der Waals surface area contributed by atoms with Crippen LogP contribution in [0.3, 0.4) is 0 Å². The van der Waals surface area contributed by atoms with E-state index in [1.165, 1.54) is 6.42 Å². The van der Waals surface area contributed by atoms with E-state index in [0.717, 1.165) is 24.3 Å². The molecule has 0 spiro atoms. The molecule has 1 N–H and O–H groups in total. The lowest BCUT2D eigenvalue weighted by Crippen LogP contribution is -2.41. The fourth-order valence-corrected chi connectivity index (χ4v) is 1.81. The Hall–Kier alpha value is -0.0400. The van der Waals surface area contributed by atoms with Crippen LogP contribution in [0.2, 0.25) is 0 Å². The van der Waals surface area contributed by atoms with Crippen molar-refractivity contribution in [2.45, 2.75) is 54.0 Å². The molecule has 1 nitrogen and oxygen atoms in total. The largest absolute Gasteiger partial charge is 0.314 e. The maximum atomic E-state index is 3.61. The third-order valence-electron chi connectivity index (χ3n) is 3.31. The molecule has 80 valence electrons. The van der Waals surface area contributed by atoms with Crippen molar-refractivity contribution in [3.05, 3.63) is 0 Å². The molecule has 3 atom stereocenters. The van der Waals surface area contributed by atoms with E-state index in [2.05, 4.69) is 46.9 Å². The standard InChI is InChI=1S/C12H27N/c1-7-10(5)12(13-8-2)11(6)9(3)4/h9-13H,7-8H2,1-6H3. The Bertz CT molecular complexity index is 120. The van der Waals surface area contributed by atoms with Gasteiger partial charge in [-0.25, -0.2) is 0 Å². The van der Waals surface area contributed by atoms with E-state index >= 15 is 0 Å². The molecule has 0 saturated heterocycles. The molecule has 0 radical (unpaired) electrons. The highest BCUT2D eigenvalue weighted by molar-refractivity contribution is 4.79. The Labute approximate surface area is 84.3 Å². The first-order valence-electron chi connectivity index (χ1n) is 5.77. The minimum Gasteiger partial charge on any atom is -0.314 e. The predicted octanol–water partition coefficient (Wildman–Crippen LogP) is 3.30. The lowest BCUT2D eigenvalue weighted by molar-refractivity contribution is 0.232.